The Balaban J connectivity index is 0.000000383. The van der Waals surface area contributed by atoms with Crippen LogP contribution in [-0.2, 0) is 20.9 Å². The molecule has 14 heteroatoms. The summed E-state index contributed by atoms with van der Waals surface area (Å²) in [6, 6.07) is 9.04. The average Bonchev–Trinajstić information content (AvgIpc) is 3.14. The molecule has 2 aliphatic heterocycles. The largest absolute Gasteiger partial charge is 0.497 e. The molecule has 2 aliphatic rings. The van der Waals surface area contributed by atoms with E-state index in [1.165, 1.54) is 5.56 Å². The summed E-state index contributed by atoms with van der Waals surface area (Å²) >= 11 is 0. The molecule has 3 rings (SSSR count). The highest BCUT2D eigenvalue weighted by molar-refractivity contribution is 5.73. The van der Waals surface area contributed by atoms with E-state index in [0.29, 0.717) is 6.04 Å². The van der Waals surface area contributed by atoms with E-state index in [-0.39, 0.29) is 5.60 Å². The SMILES string of the molecule is COc1cccc(CN2CC[C@@]3(C[C@H](N(C)C)CCO3)C2)c1.O=C(O)C(F)(F)F.O=C(O)C(F)(F)F. The van der Waals surface area contributed by atoms with Gasteiger partial charge < -0.3 is 24.6 Å². The van der Waals surface area contributed by atoms with E-state index in [0.717, 1.165) is 51.3 Å². The predicted octanol–water partition coefficient (Wildman–Crippen LogP) is 3.65. The lowest BCUT2D eigenvalue weighted by Gasteiger charge is -2.40. The Hall–Kier alpha value is -2.58. The van der Waals surface area contributed by atoms with Gasteiger partial charge in [0.05, 0.1) is 12.7 Å². The van der Waals surface area contributed by atoms with Gasteiger partial charge in [0.25, 0.3) is 0 Å². The lowest BCUT2D eigenvalue weighted by molar-refractivity contribution is -0.193. The molecule has 0 radical (unpaired) electrons. The van der Waals surface area contributed by atoms with E-state index < -0.39 is 24.3 Å². The van der Waals surface area contributed by atoms with Gasteiger partial charge in [0.1, 0.15) is 5.75 Å². The monoisotopic (exact) mass is 532 g/mol. The third-order valence-corrected chi connectivity index (χ3v) is 5.62. The number of carbonyl (C=O) groups is 2. The maximum atomic E-state index is 10.6. The molecule has 0 aliphatic carbocycles. The van der Waals surface area contributed by atoms with Gasteiger partial charge in [-0.15, -0.1) is 0 Å². The average molecular weight is 532 g/mol. The fourth-order valence-corrected chi connectivity index (χ4v) is 3.82. The van der Waals surface area contributed by atoms with E-state index in [9.17, 15) is 26.3 Å². The number of likely N-dealkylation sites (tertiary alicyclic amines) is 1. The number of carboxylic acid groups (broad SMARTS) is 2. The molecule has 0 bridgehead atoms. The summed E-state index contributed by atoms with van der Waals surface area (Å²) in [5, 5.41) is 14.2. The van der Waals surface area contributed by atoms with Gasteiger partial charge in [-0.1, -0.05) is 12.1 Å². The lowest BCUT2D eigenvalue weighted by Crippen LogP contribution is -2.48. The molecular formula is C22H30F6N2O6. The highest BCUT2D eigenvalue weighted by Crippen LogP contribution is 2.36. The van der Waals surface area contributed by atoms with Crippen molar-refractivity contribution < 1.29 is 55.6 Å². The fraction of sp³-hybridized carbons (Fsp3) is 0.636. The van der Waals surface area contributed by atoms with Crippen LogP contribution in [0.15, 0.2) is 24.3 Å². The van der Waals surface area contributed by atoms with Gasteiger partial charge in [-0.05, 0) is 51.1 Å². The standard InChI is InChI=1S/C18H28N2O2.2C2HF3O2/c1-19(2)16-7-10-22-18(12-16)8-9-20(14-18)13-15-5-4-6-17(11-15)21-3;2*3-2(4,5)1(6)7/h4-6,11,16H,7-10,12-14H2,1-3H3;2*(H,6,7)/t16-,18-;;/m1../s1. The first-order valence-electron chi connectivity index (χ1n) is 10.7. The quantitative estimate of drug-likeness (QED) is 0.568. The van der Waals surface area contributed by atoms with E-state index in [1.807, 2.05) is 6.07 Å². The van der Waals surface area contributed by atoms with Crippen LogP contribution in [0.3, 0.4) is 0 Å². The topological polar surface area (TPSA) is 99.5 Å². The minimum atomic E-state index is -5.08. The Labute approximate surface area is 204 Å². The van der Waals surface area contributed by atoms with Crippen molar-refractivity contribution in [3.63, 3.8) is 0 Å². The highest BCUT2D eigenvalue weighted by Gasteiger charge is 2.43. The van der Waals surface area contributed by atoms with Crippen LogP contribution in [0.4, 0.5) is 26.3 Å². The molecule has 206 valence electrons. The normalized spacial score (nSPS) is 22.3. The number of benzene rings is 1. The number of carboxylic acids is 2. The molecule has 0 unspecified atom stereocenters. The van der Waals surface area contributed by atoms with Crippen LogP contribution in [0, 0.1) is 0 Å². The molecule has 8 nitrogen and oxygen atoms in total. The number of hydrogen-bond donors (Lipinski definition) is 2. The number of rotatable bonds is 4. The Morgan fingerprint density at radius 3 is 2.17 bits per heavy atom. The van der Waals surface area contributed by atoms with E-state index in [1.54, 1.807) is 7.11 Å². The zero-order valence-electron chi connectivity index (χ0n) is 20.0. The second-order valence-electron chi connectivity index (χ2n) is 8.56. The van der Waals surface area contributed by atoms with E-state index in [2.05, 4.69) is 42.1 Å². The van der Waals surface area contributed by atoms with Crippen molar-refractivity contribution >= 4 is 11.9 Å². The maximum Gasteiger partial charge on any atom is 0.490 e. The molecule has 2 saturated heterocycles. The highest BCUT2D eigenvalue weighted by atomic mass is 19.4. The summed E-state index contributed by atoms with van der Waals surface area (Å²) in [6.07, 6.45) is -6.69. The van der Waals surface area contributed by atoms with Crippen LogP contribution in [0.25, 0.3) is 0 Å². The number of ether oxygens (including phenoxy) is 2. The summed E-state index contributed by atoms with van der Waals surface area (Å²) < 4.78 is 75.0. The summed E-state index contributed by atoms with van der Waals surface area (Å²) in [5.41, 5.74) is 1.39. The van der Waals surface area contributed by atoms with Crippen LogP contribution in [0.1, 0.15) is 24.8 Å². The number of alkyl halides is 6. The van der Waals surface area contributed by atoms with E-state index in [4.69, 9.17) is 29.3 Å². The number of hydrogen-bond acceptors (Lipinski definition) is 6. The zero-order valence-corrected chi connectivity index (χ0v) is 20.0. The van der Waals surface area contributed by atoms with Crippen LogP contribution < -0.4 is 4.74 Å². The first-order chi connectivity index (χ1) is 16.5. The Morgan fingerprint density at radius 1 is 1.14 bits per heavy atom. The van der Waals surface area contributed by atoms with Crippen molar-refractivity contribution in [1.29, 1.82) is 0 Å². The molecule has 1 aromatic rings. The summed E-state index contributed by atoms with van der Waals surface area (Å²) in [5.74, 6) is -4.58. The van der Waals surface area contributed by atoms with Gasteiger partial charge >= 0.3 is 24.3 Å². The van der Waals surface area contributed by atoms with Crippen molar-refractivity contribution in [2.75, 3.05) is 40.9 Å². The molecule has 0 aromatic heterocycles. The summed E-state index contributed by atoms with van der Waals surface area (Å²) in [4.78, 5) is 22.7. The van der Waals surface area contributed by atoms with Crippen molar-refractivity contribution in [2.24, 2.45) is 0 Å². The van der Waals surface area contributed by atoms with Crippen molar-refractivity contribution in [3.05, 3.63) is 29.8 Å². The van der Waals surface area contributed by atoms with Crippen molar-refractivity contribution in [1.82, 2.24) is 9.80 Å². The first kappa shape index (κ1) is 31.4. The Bertz CT molecular complexity index is 840. The van der Waals surface area contributed by atoms with Crippen LogP contribution in [0.5, 0.6) is 5.75 Å². The van der Waals surface area contributed by atoms with Gasteiger partial charge in [-0.2, -0.15) is 26.3 Å². The van der Waals surface area contributed by atoms with Gasteiger partial charge in [0.2, 0.25) is 0 Å². The second kappa shape index (κ2) is 13.1. The van der Waals surface area contributed by atoms with Gasteiger partial charge in [-0.25, -0.2) is 9.59 Å². The number of nitrogens with zero attached hydrogens (tertiary/aromatic N) is 2. The molecule has 1 spiro atoms. The Kier molecular flexibility index (Phi) is 11.4. The smallest absolute Gasteiger partial charge is 0.490 e. The van der Waals surface area contributed by atoms with Crippen molar-refractivity contribution in [3.8, 4) is 5.75 Å². The Morgan fingerprint density at radius 2 is 1.69 bits per heavy atom. The maximum absolute atomic E-state index is 10.6. The van der Waals surface area contributed by atoms with E-state index >= 15 is 0 Å². The molecule has 2 atom stereocenters. The first-order valence-corrected chi connectivity index (χ1v) is 10.7. The predicted molar refractivity (Wildman–Crippen MR) is 116 cm³/mol. The summed E-state index contributed by atoms with van der Waals surface area (Å²) in [6.45, 7) is 4.05. The molecule has 1 aromatic carbocycles. The molecule has 0 amide bonds. The van der Waals surface area contributed by atoms with Gasteiger partial charge in [-0.3, -0.25) is 4.90 Å². The van der Waals surface area contributed by atoms with Crippen LogP contribution in [-0.4, -0.2) is 96.8 Å². The third kappa shape index (κ3) is 10.6. The third-order valence-electron chi connectivity index (χ3n) is 5.62. The molecule has 2 fully saturated rings. The zero-order chi connectivity index (χ0) is 27.7. The number of halogens is 6. The molecular weight excluding hydrogens is 502 g/mol. The molecule has 0 saturated carbocycles. The number of aliphatic carboxylic acids is 2. The molecule has 2 N–H and O–H groups in total. The van der Waals surface area contributed by atoms with Crippen LogP contribution in [0.2, 0.25) is 0 Å². The van der Waals surface area contributed by atoms with Gasteiger partial charge in [0, 0.05) is 32.3 Å². The lowest BCUT2D eigenvalue weighted by atomic mass is 9.89. The molecule has 2 heterocycles. The summed E-state index contributed by atoms with van der Waals surface area (Å²) in [7, 11) is 6.10. The second-order valence-corrected chi connectivity index (χ2v) is 8.56. The van der Waals surface area contributed by atoms with Crippen LogP contribution >= 0.6 is 0 Å². The minimum absolute atomic E-state index is 0.0754. The fourth-order valence-electron chi connectivity index (χ4n) is 3.82. The minimum Gasteiger partial charge on any atom is -0.497 e. The van der Waals surface area contributed by atoms with Gasteiger partial charge in [0.15, 0.2) is 0 Å². The molecule has 36 heavy (non-hydrogen) atoms. The van der Waals surface area contributed by atoms with Crippen molar-refractivity contribution in [2.45, 2.75) is 49.8 Å². The number of methoxy groups -OCH3 is 1.